The van der Waals surface area contributed by atoms with Crippen LogP contribution in [-0.2, 0) is 4.79 Å². The van der Waals surface area contributed by atoms with Gasteiger partial charge in [0.25, 0.3) is 11.8 Å². The molecule has 2 heterocycles. The first-order valence-electron chi connectivity index (χ1n) is 6.98. The smallest absolute Gasteiger partial charge is 0.269 e. The Bertz CT molecular complexity index is 706. The van der Waals surface area contributed by atoms with Crippen molar-refractivity contribution >= 4 is 23.6 Å². The van der Waals surface area contributed by atoms with Gasteiger partial charge < -0.3 is 4.74 Å². The maximum absolute atomic E-state index is 12.3. The van der Waals surface area contributed by atoms with Crippen LogP contribution >= 0.6 is 11.8 Å². The third-order valence-corrected chi connectivity index (χ3v) is 4.56. The Morgan fingerprint density at radius 3 is 2.74 bits per heavy atom. The van der Waals surface area contributed by atoms with Gasteiger partial charge in [-0.2, -0.15) is 0 Å². The second-order valence-corrected chi connectivity index (χ2v) is 5.92. The van der Waals surface area contributed by atoms with Crippen molar-refractivity contribution in [3.63, 3.8) is 0 Å². The molecule has 1 atom stereocenters. The molecule has 2 amide bonds. The Hall–Kier alpha value is -2.54. The normalized spacial score (nSPS) is 17.2. The van der Waals surface area contributed by atoms with Crippen molar-refractivity contribution < 1.29 is 14.3 Å². The van der Waals surface area contributed by atoms with Crippen molar-refractivity contribution in [1.82, 2.24) is 15.4 Å². The van der Waals surface area contributed by atoms with E-state index in [-0.39, 0.29) is 17.2 Å². The van der Waals surface area contributed by atoms with Gasteiger partial charge in [0, 0.05) is 11.8 Å². The molecule has 1 aliphatic rings. The molecule has 0 spiro atoms. The van der Waals surface area contributed by atoms with Gasteiger partial charge in [0.2, 0.25) is 0 Å². The maximum Gasteiger partial charge on any atom is 0.269 e. The molecule has 1 aliphatic heterocycles. The number of methoxy groups -OCH3 is 1. The van der Waals surface area contributed by atoms with Crippen LogP contribution in [0, 0.1) is 0 Å². The van der Waals surface area contributed by atoms with Gasteiger partial charge in [-0.25, -0.2) is 5.01 Å². The van der Waals surface area contributed by atoms with Crippen molar-refractivity contribution in [2.45, 2.75) is 5.37 Å². The van der Waals surface area contributed by atoms with Gasteiger partial charge in [-0.3, -0.25) is 20.0 Å². The zero-order valence-electron chi connectivity index (χ0n) is 12.4. The molecule has 7 heteroatoms. The second-order valence-electron chi connectivity index (χ2n) is 4.85. The van der Waals surface area contributed by atoms with Crippen LogP contribution in [0.3, 0.4) is 0 Å². The SMILES string of the molecule is COc1ccc(C(=O)NN2C(=O)CS[C@H]2c2ccccn2)cc1. The molecular formula is C16H15N3O3S. The Morgan fingerprint density at radius 1 is 1.30 bits per heavy atom. The highest BCUT2D eigenvalue weighted by molar-refractivity contribution is 8.00. The molecule has 1 N–H and O–H groups in total. The van der Waals surface area contributed by atoms with Gasteiger partial charge >= 0.3 is 0 Å². The van der Waals surface area contributed by atoms with E-state index in [4.69, 9.17) is 4.74 Å². The Labute approximate surface area is 137 Å². The highest BCUT2D eigenvalue weighted by Crippen LogP contribution is 2.36. The minimum atomic E-state index is -0.343. The van der Waals surface area contributed by atoms with Gasteiger partial charge in [-0.1, -0.05) is 6.07 Å². The summed E-state index contributed by atoms with van der Waals surface area (Å²) < 4.78 is 5.07. The standard InChI is InChI=1S/C16H15N3O3S/c1-22-12-7-5-11(6-8-12)15(21)18-19-14(20)10-23-16(19)13-4-2-3-9-17-13/h2-9,16H,10H2,1H3,(H,18,21)/t16-/m0/s1. The van der Waals surface area contributed by atoms with Gasteiger partial charge in [0.1, 0.15) is 11.1 Å². The molecule has 0 unspecified atom stereocenters. The van der Waals surface area contributed by atoms with E-state index in [1.54, 1.807) is 37.6 Å². The quantitative estimate of drug-likeness (QED) is 0.929. The molecule has 2 aromatic rings. The summed E-state index contributed by atoms with van der Waals surface area (Å²) in [5.41, 5.74) is 3.86. The molecule has 1 fully saturated rings. The summed E-state index contributed by atoms with van der Waals surface area (Å²) in [5.74, 6) is 0.488. The van der Waals surface area contributed by atoms with Crippen LogP contribution < -0.4 is 10.2 Å². The predicted octanol–water partition coefficient (Wildman–Crippen LogP) is 2.01. The van der Waals surface area contributed by atoms with E-state index in [0.717, 1.165) is 5.69 Å². The number of pyridine rings is 1. The third kappa shape index (κ3) is 3.29. The van der Waals surface area contributed by atoms with Crippen LogP contribution in [0.15, 0.2) is 48.7 Å². The van der Waals surface area contributed by atoms with Crippen molar-refractivity contribution in [2.24, 2.45) is 0 Å². The fourth-order valence-electron chi connectivity index (χ4n) is 2.20. The molecule has 0 saturated carbocycles. The van der Waals surface area contributed by atoms with Crippen molar-refractivity contribution in [3.05, 3.63) is 59.9 Å². The summed E-state index contributed by atoms with van der Waals surface area (Å²) in [6, 6.07) is 12.2. The number of nitrogens with one attached hydrogen (secondary N) is 1. The van der Waals surface area contributed by atoms with E-state index in [1.165, 1.54) is 16.8 Å². The van der Waals surface area contributed by atoms with Crippen molar-refractivity contribution in [1.29, 1.82) is 0 Å². The Morgan fingerprint density at radius 2 is 2.09 bits per heavy atom. The van der Waals surface area contributed by atoms with Crippen LogP contribution in [0.5, 0.6) is 5.75 Å². The average molecular weight is 329 g/mol. The third-order valence-electron chi connectivity index (χ3n) is 3.38. The average Bonchev–Trinajstić information content (AvgIpc) is 2.96. The Kier molecular flexibility index (Phi) is 4.47. The lowest BCUT2D eigenvalue weighted by Gasteiger charge is -2.23. The van der Waals surface area contributed by atoms with Crippen LogP contribution in [0.2, 0.25) is 0 Å². The second kappa shape index (κ2) is 6.70. The van der Waals surface area contributed by atoms with Crippen molar-refractivity contribution in [2.75, 3.05) is 12.9 Å². The van der Waals surface area contributed by atoms with Gasteiger partial charge in [0.05, 0.1) is 18.6 Å². The predicted molar refractivity (Wildman–Crippen MR) is 86.7 cm³/mol. The van der Waals surface area contributed by atoms with E-state index in [1.807, 2.05) is 18.2 Å². The minimum Gasteiger partial charge on any atom is -0.497 e. The topological polar surface area (TPSA) is 71.5 Å². The number of benzene rings is 1. The molecule has 0 radical (unpaired) electrons. The minimum absolute atomic E-state index is 0.146. The van der Waals surface area contributed by atoms with E-state index in [2.05, 4.69) is 10.4 Å². The molecular weight excluding hydrogens is 314 g/mol. The molecule has 1 saturated heterocycles. The number of amides is 2. The first-order chi connectivity index (χ1) is 11.2. The fraction of sp³-hybridized carbons (Fsp3) is 0.188. The summed E-state index contributed by atoms with van der Waals surface area (Å²) in [7, 11) is 1.56. The number of ether oxygens (including phenoxy) is 1. The summed E-state index contributed by atoms with van der Waals surface area (Å²) >= 11 is 1.43. The van der Waals surface area contributed by atoms with E-state index in [9.17, 15) is 9.59 Å². The summed E-state index contributed by atoms with van der Waals surface area (Å²) in [6.45, 7) is 0. The van der Waals surface area contributed by atoms with Gasteiger partial charge in [0.15, 0.2) is 0 Å². The number of carbonyl (C=O) groups excluding carboxylic acids is 2. The van der Waals surface area contributed by atoms with Gasteiger partial charge in [-0.15, -0.1) is 11.8 Å². The molecule has 6 nitrogen and oxygen atoms in total. The van der Waals surface area contributed by atoms with Crippen molar-refractivity contribution in [3.8, 4) is 5.75 Å². The zero-order chi connectivity index (χ0) is 16.2. The number of nitrogens with zero attached hydrogens (tertiary/aromatic N) is 2. The first-order valence-corrected chi connectivity index (χ1v) is 8.03. The number of hydrogen-bond donors (Lipinski definition) is 1. The fourth-order valence-corrected chi connectivity index (χ4v) is 3.27. The highest BCUT2D eigenvalue weighted by Gasteiger charge is 2.35. The number of rotatable bonds is 4. The molecule has 0 aliphatic carbocycles. The molecule has 23 heavy (non-hydrogen) atoms. The zero-order valence-corrected chi connectivity index (χ0v) is 13.2. The number of thioether (sulfide) groups is 1. The summed E-state index contributed by atoms with van der Waals surface area (Å²) in [5, 5.41) is 1.03. The Balaban J connectivity index is 1.76. The van der Waals surface area contributed by atoms with Crippen LogP contribution in [0.25, 0.3) is 0 Å². The monoisotopic (exact) mass is 329 g/mol. The van der Waals surface area contributed by atoms with E-state index < -0.39 is 0 Å². The lowest BCUT2D eigenvalue weighted by atomic mass is 10.2. The number of aromatic nitrogens is 1. The van der Waals surface area contributed by atoms with Gasteiger partial charge in [-0.05, 0) is 36.4 Å². The lowest BCUT2D eigenvalue weighted by molar-refractivity contribution is -0.130. The highest BCUT2D eigenvalue weighted by atomic mass is 32.2. The summed E-state index contributed by atoms with van der Waals surface area (Å²) in [6.07, 6.45) is 1.67. The lowest BCUT2D eigenvalue weighted by Crippen LogP contribution is -2.44. The molecule has 1 aromatic carbocycles. The molecule has 3 rings (SSSR count). The number of carbonyl (C=O) groups is 2. The van der Waals surface area contributed by atoms with Crippen LogP contribution in [-0.4, -0.2) is 34.7 Å². The number of hydrazine groups is 1. The maximum atomic E-state index is 12.3. The first kappa shape index (κ1) is 15.4. The van der Waals surface area contributed by atoms with E-state index >= 15 is 0 Å². The van der Waals surface area contributed by atoms with Crippen LogP contribution in [0.1, 0.15) is 21.4 Å². The number of hydrogen-bond acceptors (Lipinski definition) is 5. The largest absolute Gasteiger partial charge is 0.497 e. The van der Waals surface area contributed by atoms with E-state index in [0.29, 0.717) is 17.1 Å². The summed E-state index contributed by atoms with van der Waals surface area (Å²) in [4.78, 5) is 28.7. The molecule has 118 valence electrons. The molecule has 1 aromatic heterocycles. The molecule has 0 bridgehead atoms. The van der Waals surface area contributed by atoms with Crippen LogP contribution in [0.4, 0.5) is 0 Å².